The molecule has 0 aliphatic rings. The molecule has 0 saturated carbocycles. The summed E-state index contributed by atoms with van der Waals surface area (Å²) in [4.78, 5) is 26.4. The molecule has 0 atom stereocenters. The average molecular weight is 625 g/mol. The molecule has 252 valence electrons. The molecule has 0 spiro atoms. The summed E-state index contributed by atoms with van der Waals surface area (Å²) in [5.74, 6) is 0.635. The Morgan fingerprint density at radius 3 is 1.44 bits per heavy atom. The molecule has 2 rings (SSSR count). The highest BCUT2D eigenvalue weighted by Crippen LogP contribution is 2.40. The highest BCUT2D eigenvalue weighted by Gasteiger charge is 2.22. The number of carbonyl (C=O) groups excluding carboxylic acids is 2. The Labute approximate surface area is 273 Å². The molecular formula is C39H60O6. The monoisotopic (exact) mass is 624 g/mol. The molecule has 0 saturated heterocycles. The molecule has 0 radical (unpaired) electrons. The van der Waals surface area contributed by atoms with E-state index in [1.165, 1.54) is 89.2 Å². The fourth-order valence-corrected chi connectivity index (χ4v) is 5.33. The highest BCUT2D eigenvalue weighted by molar-refractivity contribution is 6.14. The number of unbranched alkanes of at least 4 members (excludes halogenated alkanes) is 15. The fourth-order valence-electron chi connectivity index (χ4n) is 5.33. The first-order valence-electron chi connectivity index (χ1n) is 17.9. The Hall–Kier alpha value is -3.02. The Bertz CT molecular complexity index is 1060. The predicted molar refractivity (Wildman–Crippen MR) is 184 cm³/mol. The minimum absolute atomic E-state index is 0.125. The van der Waals surface area contributed by atoms with Gasteiger partial charge in [-0.05, 0) is 43.5 Å². The number of ether oxygens (including phenoxy) is 3. The van der Waals surface area contributed by atoms with Gasteiger partial charge >= 0.3 is 0 Å². The SMILES string of the molecule is CCCCCCCCOc1cc(C(=O)CC(=O)c2ccccc2O)cc(OCCCCCCCC)c1OCCCCCCCC. The van der Waals surface area contributed by atoms with Crippen molar-refractivity contribution >= 4 is 11.6 Å². The molecule has 1 N–H and O–H groups in total. The van der Waals surface area contributed by atoms with Crippen molar-refractivity contribution in [2.24, 2.45) is 0 Å². The molecule has 0 aromatic heterocycles. The maximum atomic E-state index is 13.4. The summed E-state index contributed by atoms with van der Waals surface area (Å²) in [6.45, 7) is 8.23. The van der Waals surface area contributed by atoms with Crippen LogP contribution in [0.3, 0.4) is 0 Å². The van der Waals surface area contributed by atoms with Gasteiger partial charge in [-0.1, -0.05) is 129 Å². The lowest BCUT2D eigenvalue weighted by Gasteiger charge is -2.19. The van der Waals surface area contributed by atoms with Gasteiger partial charge in [-0.3, -0.25) is 9.59 Å². The Morgan fingerprint density at radius 2 is 0.978 bits per heavy atom. The van der Waals surface area contributed by atoms with Crippen molar-refractivity contribution in [3.05, 3.63) is 47.5 Å². The zero-order valence-corrected chi connectivity index (χ0v) is 28.5. The van der Waals surface area contributed by atoms with Gasteiger partial charge in [0.05, 0.1) is 31.8 Å². The normalized spacial score (nSPS) is 11.0. The van der Waals surface area contributed by atoms with Crippen LogP contribution in [0.5, 0.6) is 23.0 Å². The van der Waals surface area contributed by atoms with Gasteiger partial charge in [-0.2, -0.15) is 0 Å². The molecule has 0 unspecified atom stereocenters. The van der Waals surface area contributed by atoms with Crippen LogP contribution in [0.1, 0.15) is 163 Å². The summed E-state index contributed by atoms with van der Waals surface area (Å²) in [5, 5.41) is 10.1. The predicted octanol–water partition coefficient (Wildman–Crippen LogP) is 11.1. The molecule has 0 amide bonds. The van der Waals surface area contributed by atoms with Crippen LogP contribution in [0.15, 0.2) is 36.4 Å². The third kappa shape index (κ3) is 15.7. The molecule has 45 heavy (non-hydrogen) atoms. The van der Waals surface area contributed by atoms with Crippen molar-refractivity contribution in [1.82, 2.24) is 0 Å². The van der Waals surface area contributed by atoms with E-state index in [1.54, 1.807) is 24.3 Å². The van der Waals surface area contributed by atoms with Gasteiger partial charge in [0.25, 0.3) is 0 Å². The smallest absolute Gasteiger partial charge is 0.203 e. The number of ketones is 2. The second-order valence-corrected chi connectivity index (χ2v) is 12.2. The summed E-state index contributed by atoms with van der Waals surface area (Å²) >= 11 is 0. The second kappa shape index (κ2) is 24.2. The lowest BCUT2D eigenvalue weighted by Crippen LogP contribution is -2.11. The lowest BCUT2D eigenvalue weighted by atomic mass is 10.00. The van der Waals surface area contributed by atoms with Gasteiger partial charge in [0.15, 0.2) is 23.1 Å². The fraction of sp³-hybridized carbons (Fsp3) is 0.641. The van der Waals surface area contributed by atoms with Crippen LogP contribution < -0.4 is 14.2 Å². The van der Waals surface area contributed by atoms with Gasteiger partial charge in [0, 0.05) is 5.56 Å². The number of para-hydroxylation sites is 1. The van der Waals surface area contributed by atoms with E-state index in [0.717, 1.165) is 38.5 Å². The van der Waals surface area contributed by atoms with Gasteiger partial charge in [-0.25, -0.2) is 0 Å². The van der Waals surface area contributed by atoms with Gasteiger partial charge in [0.2, 0.25) is 5.75 Å². The van der Waals surface area contributed by atoms with Gasteiger partial charge in [0.1, 0.15) is 5.75 Å². The standard InChI is InChI=1S/C39H60O6/c1-4-7-10-13-16-21-26-43-37-29-32(35(41)31-36(42)33-24-19-20-25-34(33)40)30-38(44-27-22-17-14-11-8-5-2)39(37)45-28-23-18-15-12-9-6-3/h19-20,24-25,29-30,40H,4-18,21-23,26-28,31H2,1-3H3. The van der Waals surface area contributed by atoms with E-state index in [4.69, 9.17) is 14.2 Å². The highest BCUT2D eigenvalue weighted by atomic mass is 16.5. The molecular weight excluding hydrogens is 564 g/mol. The van der Waals surface area contributed by atoms with Crippen LogP contribution in [0.4, 0.5) is 0 Å². The van der Waals surface area contributed by atoms with E-state index in [0.29, 0.717) is 42.6 Å². The molecule has 0 aliphatic carbocycles. The first-order chi connectivity index (χ1) is 22.0. The van der Waals surface area contributed by atoms with Crippen molar-refractivity contribution in [2.45, 2.75) is 143 Å². The van der Waals surface area contributed by atoms with Gasteiger partial charge < -0.3 is 19.3 Å². The summed E-state index contributed by atoms with van der Waals surface area (Å²) in [6, 6.07) is 9.72. The van der Waals surface area contributed by atoms with Crippen LogP contribution in [-0.4, -0.2) is 36.5 Å². The van der Waals surface area contributed by atoms with E-state index in [9.17, 15) is 14.7 Å². The molecule has 0 heterocycles. The first-order valence-corrected chi connectivity index (χ1v) is 17.9. The molecule has 0 fully saturated rings. The van der Waals surface area contributed by atoms with E-state index in [1.807, 2.05) is 0 Å². The molecule has 6 nitrogen and oxygen atoms in total. The summed E-state index contributed by atoms with van der Waals surface area (Å²) in [5.41, 5.74) is 0.491. The van der Waals surface area contributed by atoms with E-state index < -0.39 is 5.78 Å². The number of aromatic hydroxyl groups is 1. The van der Waals surface area contributed by atoms with Crippen LogP contribution in [0.2, 0.25) is 0 Å². The molecule has 0 aliphatic heterocycles. The molecule has 2 aromatic rings. The van der Waals surface area contributed by atoms with Gasteiger partial charge in [-0.15, -0.1) is 0 Å². The van der Waals surface area contributed by atoms with E-state index in [-0.39, 0.29) is 23.5 Å². The number of rotatable bonds is 28. The number of phenols is 1. The van der Waals surface area contributed by atoms with Crippen LogP contribution in [-0.2, 0) is 0 Å². The lowest BCUT2D eigenvalue weighted by molar-refractivity contribution is 0.0892. The second-order valence-electron chi connectivity index (χ2n) is 12.2. The molecule has 2 aromatic carbocycles. The minimum atomic E-state index is -0.425. The summed E-state index contributed by atoms with van der Waals surface area (Å²) in [7, 11) is 0. The largest absolute Gasteiger partial charge is 0.507 e. The Kier molecular flexibility index (Phi) is 20.6. The summed E-state index contributed by atoms with van der Waals surface area (Å²) < 4.78 is 18.9. The zero-order chi connectivity index (χ0) is 32.5. The third-order valence-corrected chi connectivity index (χ3v) is 8.12. The maximum Gasteiger partial charge on any atom is 0.203 e. The van der Waals surface area contributed by atoms with Crippen molar-refractivity contribution in [2.75, 3.05) is 19.8 Å². The molecule has 0 bridgehead atoms. The third-order valence-electron chi connectivity index (χ3n) is 8.12. The number of phenolic OH excluding ortho intramolecular Hbond substituents is 1. The average Bonchev–Trinajstić information content (AvgIpc) is 3.04. The summed E-state index contributed by atoms with van der Waals surface area (Å²) in [6.07, 6.45) is 20.3. The Balaban J connectivity index is 2.23. The van der Waals surface area contributed by atoms with Crippen molar-refractivity contribution < 1.29 is 28.9 Å². The number of carbonyl (C=O) groups is 2. The van der Waals surface area contributed by atoms with Crippen molar-refractivity contribution in [1.29, 1.82) is 0 Å². The zero-order valence-electron chi connectivity index (χ0n) is 28.5. The Morgan fingerprint density at radius 1 is 0.556 bits per heavy atom. The number of Topliss-reactive ketones (excluding diaryl/α,β-unsaturated/α-hetero) is 2. The minimum Gasteiger partial charge on any atom is -0.507 e. The van der Waals surface area contributed by atoms with Crippen molar-refractivity contribution in [3.63, 3.8) is 0 Å². The topological polar surface area (TPSA) is 82.1 Å². The van der Waals surface area contributed by atoms with Crippen LogP contribution in [0.25, 0.3) is 0 Å². The number of hydrogen-bond donors (Lipinski definition) is 1. The maximum absolute atomic E-state index is 13.4. The quantitative estimate of drug-likeness (QED) is 0.0576. The molecule has 6 heteroatoms. The van der Waals surface area contributed by atoms with Crippen LogP contribution in [0, 0.1) is 0 Å². The van der Waals surface area contributed by atoms with E-state index >= 15 is 0 Å². The first kappa shape index (κ1) is 38.2. The number of hydrogen-bond acceptors (Lipinski definition) is 6. The van der Waals surface area contributed by atoms with Crippen molar-refractivity contribution in [3.8, 4) is 23.0 Å². The number of benzene rings is 2. The van der Waals surface area contributed by atoms with Crippen LogP contribution >= 0.6 is 0 Å². The van der Waals surface area contributed by atoms with E-state index in [2.05, 4.69) is 20.8 Å².